The van der Waals surface area contributed by atoms with Crippen LogP contribution in [0.1, 0.15) is 34.9 Å². The summed E-state index contributed by atoms with van der Waals surface area (Å²) in [6.45, 7) is 0.611. The summed E-state index contributed by atoms with van der Waals surface area (Å²) in [4.78, 5) is 14.6. The zero-order valence-electron chi connectivity index (χ0n) is 13.9. The van der Waals surface area contributed by atoms with Gasteiger partial charge in [-0.25, -0.2) is 8.78 Å². The summed E-state index contributed by atoms with van der Waals surface area (Å²) in [6.07, 6.45) is 1.69. The molecular formula is C20H16F2N2O2. The predicted octanol–water partition coefficient (Wildman–Crippen LogP) is 4.60. The monoisotopic (exact) mass is 354 g/mol. The van der Waals surface area contributed by atoms with E-state index in [1.54, 1.807) is 35.2 Å². The third-order valence-electron chi connectivity index (χ3n) is 4.63. The van der Waals surface area contributed by atoms with Crippen molar-refractivity contribution in [1.82, 2.24) is 10.1 Å². The smallest absolute Gasteiger partial charge is 0.276 e. The lowest BCUT2D eigenvalue weighted by atomic mass is 10.0. The van der Waals surface area contributed by atoms with Gasteiger partial charge in [0.05, 0.1) is 6.04 Å². The van der Waals surface area contributed by atoms with Crippen LogP contribution in [0.25, 0.3) is 11.3 Å². The quantitative estimate of drug-likeness (QED) is 0.691. The zero-order chi connectivity index (χ0) is 18.1. The third-order valence-corrected chi connectivity index (χ3v) is 4.63. The number of amides is 1. The number of nitrogens with zero attached hydrogens (tertiary/aromatic N) is 2. The molecule has 1 saturated heterocycles. The van der Waals surface area contributed by atoms with Gasteiger partial charge >= 0.3 is 0 Å². The number of benzene rings is 2. The lowest BCUT2D eigenvalue weighted by Gasteiger charge is -2.24. The second kappa shape index (κ2) is 6.71. The van der Waals surface area contributed by atoms with Crippen LogP contribution in [0.2, 0.25) is 0 Å². The predicted molar refractivity (Wildman–Crippen MR) is 91.3 cm³/mol. The molecule has 1 aromatic heterocycles. The maximum Gasteiger partial charge on any atom is 0.276 e. The Morgan fingerprint density at radius 2 is 1.69 bits per heavy atom. The molecule has 1 fully saturated rings. The Kier molecular flexibility index (Phi) is 4.24. The van der Waals surface area contributed by atoms with Gasteiger partial charge in [-0.05, 0) is 54.8 Å². The molecule has 1 aliphatic heterocycles. The SMILES string of the molecule is O=C(c1cc(-c2ccc(F)cc2)on1)N1CCC[C@@H]1c1ccc(F)cc1. The molecule has 132 valence electrons. The molecule has 0 saturated carbocycles. The second-order valence-electron chi connectivity index (χ2n) is 6.29. The second-order valence-corrected chi connectivity index (χ2v) is 6.29. The molecule has 2 heterocycles. The van der Waals surface area contributed by atoms with Crippen molar-refractivity contribution in [3.05, 3.63) is 77.5 Å². The minimum atomic E-state index is -0.344. The molecule has 4 nitrogen and oxygen atoms in total. The van der Waals surface area contributed by atoms with E-state index in [1.807, 2.05) is 0 Å². The Morgan fingerprint density at radius 1 is 1.04 bits per heavy atom. The number of hydrogen-bond acceptors (Lipinski definition) is 3. The summed E-state index contributed by atoms with van der Waals surface area (Å²) in [5.41, 5.74) is 1.76. The molecule has 2 aromatic carbocycles. The summed E-state index contributed by atoms with van der Waals surface area (Å²) < 4.78 is 31.5. The Labute approximate surface area is 149 Å². The maximum atomic E-state index is 13.2. The molecule has 26 heavy (non-hydrogen) atoms. The highest BCUT2D eigenvalue weighted by molar-refractivity contribution is 5.93. The van der Waals surface area contributed by atoms with Crippen molar-refractivity contribution < 1.29 is 18.1 Å². The average Bonchev–Trinajstić information content (AvgIpc) is 3.32. The van der Waals surface area contributed by atoms with Crippen LogP contribution in [0.4, 0.5) is 8.78 Å². The first-order valence-electron chi connectivity index (χ1n) is 8.41. The fraction of sp³-hybridized carbons (Fsp3) is 0.200. The van der Waals surface area contributed by atoms with Crippen LogP contribution in [0, 0.1) is 11.6 Å². The molecular weight excluding hydrogens is 338 g/mol. The molecule has 3 aromatic rings. The van der Waals surface area contributed by atoms with Gasteiger partial charge in [0.25, 0.3) is 5.91 Å². The van der Waals surface area contributed by atoms with E-state index < -0.39 is 0 Å². The zero-order valence-corrected chi connectivity index (χ0v) is 13.9. The van der Waals surface area contributed by atoms with Crippen molar-refractivity contribution in [3.8, 4) is 11.3 Å². The maximum absolute atomic E-state index is 13.2. The number of likely N-dealkylation sites (tertiary alicyclic amines) is 1. The normalized spacial score (nSPS) is 16.8. The molecule has 4 rings (SSSR count). The van der Waals surface area contributed by atoms with Crippen LogP contribution >= 0.6 is 0 Å². The van der Waals surface area contributed by atoms with E-state index in [4.69, 9.17) is 4.52 Å². The number of carbonyl (C=O) groups excluding carboxylic acids is 1. The number of aromatic nitrogens is 1. The number of carbonyl (C=O) groups is 1. The summed E-state index contributed by atoms with van der Waals surface area (Å²) in [6, 6.07) is 13.5. The van der Waals surface area contributed by atoms with Crippen LogP contribution in [-0.4, -0.2) is 22.5 Å². The minimum Gasteiger partial charge on any atom is -0.355 e. The highest BCUT2D eigenvalue weighted by Crippen LogP contribution is 2.33. The van der Waals surface area contributed by atoms with Crippen LogP contribution in [0.5, 0.6) is 0 Å². The Bertz CT molecular complexity index is 920. The molecule has 6 heteroatoms. The number of hydrogen-bond donors (Lipinski definition) is 0. The van der Waals surface area contributed by atoms with Crippen molar-refractivity contribution >= 4 is 5.91 Å². The van der Waals surface area contributed by atoms with E-state index >= 15 is 0 Å². The minimum absolute atomic E-state index is 0.103. The molecule has 0 bridgehead atoms. The lowest BCUT2D eigenvalue weighted by Crippen LogP contribution is -2.30. The van der Waals surface area contributed by atoms with Crippen LogP contribution in [-0.2, 0) is 0 Å². The standard InChI is InChI=1S/C20H16F2N2O2/c21-15-7-3-13(4-8-15)18-2-1-11-24(18)20(25)17-12-19(26-23-17)14-5-9-16(22)10-6-14/h3-10,12,18H,1-2,11H2/t18-/m1/s1. The van der Waals surface area contributed by atoms with E-state index in [1.165, 1.54) is 24.3 Å². The fourth-order valence-electron chi connectivity index (χ4n) is 3.31. The number of halogens is 2. The van der Waals surface area contributed by atoms with Crippen molar-refractivity contribution in [3.63, 3.8) is 0 Å². The van der Waals surface area contributed by atoms with Gasteiger partial charge in [-0.2, -0.15) is 0 Å². The topological polar surface area (TPSA) is 46.3 Å². The third kappa shape index (κ3) is 3.10. The van der Waals surface area contributed by atoms with Crippen molar-refractivity contribution in [2.24, 2.45) is 0 Å². The summed E-state index contributed by atoms with van der Waals surface area (Å²) in [7, 11) is 0. The summed E-state index contributed by atoms with van der Waals surface area (Å²) >= 11 is 0. The van der Waals surface area contributed by atoms with E-state index in [-0.39, 0.29) is 29.3 Å². The Balaban J connectivity index is 1.57. The van der Waals surface area contributed by atoms with Gasteiger partial charge in [0.1, 0.15) is 11.6 Å². The van der Waals surface area contributed by atoms with E-state index in [9.17, 15) is 13.6 Å². The fourth-order valence-corrected chi connectivity index (χ4v) is 3.31. The molecule has 1 aliphatic rings. The highest BCUT2D eigenvalue weighted by Gasteiger charge is 2.32. The van der Waals surface area contributed by atoms with E-state index in [2.05, 4.69) is 5.16 Å². The molecule has 0 N–H and O–H groups in total. The Hall–Kier alpha value is -3.02. The molecule has 1 atom stereocenters. The van der Waals surface area contributed by atoms with Crippen LogP contribution in [0.15, 0.2) is 59.1 Å². The van der Waals surface area contributed by atoms with Gasteiger partial charge in [0, 0.05) is 18.2 Å². The highest BCUT2D eigenvalue weighted by atomic mass is 19.1. The average molecular weight is 354 g/mol. The van der Waals surface area contributed by atoms with Crippen LogP contribution < -0.4 is 0 Å². The van der Waals surface area contributed by atoms with E-state index in [0.29, 0.717) is 17.9 Å². The van der Waals surface area contributed by atoms with Gasteiger partial charge < -0.3 is 9.42 Å². The molecule has 0 spiro atoms. The number of rotatable bonds is 3. The summed E-state index contributed by atoms with van der Waals surface area (Å²) in [5, 5.41) is 3.88. The molecule has 0 radical (unpaired) electrons. The first-order valence-corrected chi connectivity index (χ1v) is 8.41. The van der Waals surface area contributed by atoms with Crippen molar-refractivity contribution in [2.45, 2.75) is 18.9 Å². The Morgan fingerprint density at radius 3 is 2.38 bits per heavy atom. The largest absolute Gasteiger partial charge is 0.355 e. The lowest BCUT2D eigenvalue weighted by molar-refractivity contribution is 0.0725. The first-order chi connectivity index (χ1) is 12.6. The van der Waals surface area contributed by atoms with Gasteiger partial charge in [-0.1, -0.05) is 17.3 Å². The van der Waals surface area contributed by atoms with Crippen molar-refractivity contribution in [1.29, 1.82) is 0 Å². The van der Waals surface area contributed by atoms with Crippen molar-refractivity contribution in [2.75, 3.05) is 6.54 Å². The van der Waals surface area contributed by atoms with Crippen LogP contribution in [0.3, 0.4) is 0 Å². The summed E-state index contributed by atoms with van der Waals surface area (Å²) in [5.74, 6) is -0.464. The molecule has 1 amide bonds. The van der Waals surface area contributed by atoms with Gasteiger partial charge in [0.2, 0.25) is 0 Å². The van der Waals surface area contributed by atoms with Gasteiger partial charge in [-0.3, -0.25) is 4.79 Å². The first kappa shape index (κ1) is 16.4. The molecule has 0 unspecified atom stereocenters. The van der Waals surface area contributed by atoms with E-state index in [0.717, 1.165) is 18.4 Å². The molecule has 0 aliphatic carbocycles. The van der Waals surface area contributed by atoms with Gasteiger partial charge in [-0.15, -0.1) is 0 Å². The van der Waals surface area contributed by atoms with Gasteiger partial charge in [0.15, 0.2) is 11.5 Å².